The summed E-state index contributed by atoms with van der Waals surface area (Å²) in [4.78, 5) is 23.2. The van der Waals surface area contributed by atoms with E-state index in [1.807, 2.05) is 0 Å². The highest BCUT2D eigenvalue weighted by atomic mass is 31.2. The molecule has 0 aromatic carbocycles. The lowest BCUT2D eigenvalue weighted by atomic mass is 9.85. The second-order valence-electron chi connectivity index (χ2n) is 17.7. The van der Waals surface area contributed by atoms with Gasteiger partial charge in [-0.15, -0.1) is 0 Å². The Morgan fingerprint density at radius 1 is 0.508 bits per heavy atom. The molecule has 0 aliphatic heterocycles. The number of hydrogen-bond donors (Lipinski definition) is 6. The molecule has 0 saturated heterocycles. The summed E-state index contributed by atoms with van der Waals surface area (Å²) in [5, 5.41) is 50.3. The number of aliphatic hydroxyl groups excluding tert-OH is 5. The summed E-state index contributed by atoms with van der Waals surface area (Å²) >= 11 is 0. The lowest BCUT2D eigenvalue weighted by Crippen LogP contribution is -2.64. The number of aliphatic hydroxyl groups is 5. The van der Waals surface area contributed by atoms with Gasteiger partial charge in [-0.05, 0) is 70.6 Å². The molecule has 1 aliphatic carbocycles. The molecule has 0 amide bonds. The third kappa shape index (κ3) is 32.8. The van der Waals surface area contributed by atoms with Crippen LogP contribution in [0.1, 0.15) is 213 Å². The number of carbonyl (C=O) groups excluding carboxylic acids is 1. The minimum absolute atomic E-state index is 0.0809. The molecule has 12 nitrogen and oxygen atoms in total. The van der Waals surface area contributed by atoms with Gasteiger partial charge in [0.05, 0.1) is 13.2 Å². The predicted molar refractivity (Wildman–Crippen MR) is 253 cm³/mol. The van der Waals surface area contributed by atoms with Gasteiger partial charge in [0.2, 0.25) is 0 Å². The molecule has 63 heavy (non-hydrogen) atoms. The third-order valence-corrected chi connectivity index (χ3v) is 12.7. The van der Waals surface area contributed by atoms with Crippen molar-refractivity contribution in [1.29, 1.82) is 0 Å². The Kier molecular flexibility index (Phi) is 38.6. The van der Waals surface area contributed by atoms with E-state index in [0.29, 0.717) is 13.0 Å². The Labute approximate surface area is 382 Å². The summed E-state index contributed by atoms with van der Waals surface area (Å²) in [7, 11) is -5.02. The zero-order chi connectivity index (χ0) is 46.2. The first-order valence-corrected chi connectivity index (χ1v) is 26.8. The van der Waals surface area contributed by atoms with Crippen molar-refractivity contribution in [2.45, 2.75) is 256 Å². The summed E-state index contributed by atoms with van der Waals surface area (Å²) in [5.41, 5.74) is 0. The first-order chi connectivity index (χ1) is 30.5. The highest BCUT2D eigenvalue weighted by Gasteiger charge is 2.51. The quantitative estimate of drug-likeness (QED) is 0.0147. The van der Waals surface area contributed by atoms with Crippen molar-refractivity contribution in [3.8, 4) is 0 Å². The fourth-order valence-corrected chi connectivity index (χ4v) is 8.65. The molecule has 370 valence electrons. The zero-order valence-corrected chi connectivity index (χ0v) is 40.5. The Morgan fingerprint density at radius 2 is 0.889 bits per heavy atom. The monoisotopic (exact) mass is 917 g/mol. The second kappa shape index (κ2) is 40.8. The van der Waals surface area contributed by atoms with Crippen molar-refractivity contribution in [2.24, 2.45) is 0 Å². The first kappa shape index (κ1) is 59.6. The van der Waals surface area contributed by atoms with Crippen molar-refractivity contribution >= 4 is 13.8 Å². The average molecular weight is 917 g/mol. The minimum atomic E-state index is -5.02. The number of hydrogen-bond acceptors (Lipinski definition) is 11. The molecule has 1 fully saturated rings. The van der Waals surface area contributed by atoms with Crippen LogP contribution in [-0.4, -0.2) is 98.9 Å². The number of allylic oxidation sites excluding steroid dienone is 6. The molecule has 1 aliphatic rings. The number of unbranched alkanes of at least 4 members (excludes halogenated alkanes) is 25. The standard InChI is InChI=1S/C50H93O12P/c1-3-5-7-9-11-13-15-17-19-21-22-23-24-26-28-30-32-34-36-38-40-59-41-43(42-60-63(57,58)62-50-48(55)46(53)45(52)47(54)49(50)56)61-44(51)39-37-35-33-31-29-27-25-20-18-16-14-12-10-8-6-4-2/h11,13,17,19-20,25,43,45-50,52-56H,3-10,12,14-16,18,21-24,26-42H2,1-2H3,(H,57,58)/b13-11-,19-17-,25-20-. The molecule has 0 spiro atoms. The number of ether oxygens (including phenoxy) is 2. The maximum atomic E-state index is 12.8. The van der Waals surface area contributed by atoms with Gasteiger partial charge in [-0.2, -0.15) is 0 Å². The number of esters is 1. The van der Waals surface area contributed by atoms with Crippen LogP contribution in [0.5, 0.6) is 0 Å². The van der Waals surface area contributed by atoms with Crippen molar-refractivity contribution in [3.63, 3.8) is 0 Å². The van der Waals surface area contributed by atoms with Crippen LogP contribution in [0, 0.1) is 0 Å². The van der Waals surface area contributed by atoms with Crippen molar-refractivity contribution in [1.82, 2.24) is 0 Å². The third-order valence-electron chi connectivity index (χ3n) is 11.7. The molecular formula is C50H93O12P. The van der Waals surface area contributed by atoms with Crippen LogP contribution in [0.2, 0.25) is 0 Å². The smallest absolute Gasteiger partial charge is 0.457 e. The molecule has 6 unspecified atom stereocenters. The average Bonchev–Trinajstić information content (AvgIpc) is 3.27. The van der Waals surface area contributed by atoms with Crippen LogP contribution in [0.15, 0.2) is 36.5 Å². The molecule has 0 aromatic heterocycles. The van der Waals surface area contributed by atoms with E-state index in [-0.39, 0.29) is 13.0 Å². The minimum Gasteiger partial charge on any atom is -0.457 e. The van der Waals surface area contributed by atoms with Gasteiger partial charge in [0, 0.05) is 13.0 Å². The van der Waals surface area contributed by atoms with Gasteiger partial charge in [-0.3, -0.25) is 13.8 Å². The molecule has 6 atom stereocenters. The Hall–Kier alpha value is -1.44. The maximum absolute atomic E-state index is 12.8. The maximum Gasteiger partial charge on any atom is 0.472 e. The van der Waals surface area contributed by atoms with E-state index in [1.54, 1.807) is 0 Å². The lowest BCUT2D eigenvalue weighted by Gasteiger charge is -2.41. The number of phosphoric acid groups is 1. The molecule has 0 heterocycles. The Balaban J connectivity index is 2.35. The highest BCUT2D eigenvalue weighted by molar-refractivity contribution is 7.47. The van der Waals surface area contributed by atoms with Crippen LogP contribution >= 0.6 is 7.82 Å². The van der Waals surface area contributed by atoms with E-state index < -0.39 is 63.1 Å². The van der Waals surface area contributed by atoms with E-state index >= 15 is 0 Å². The molecule has 0 bridgehead atoms. The Morgan fingerprint density at radius 3 is 1.38 bits per heavy atom. The molecule has 0 radical (unpaired) electrons. The van der Waals surface area contributed by atoms with Gasteiger partial charge in [-0.1, -0.05) is 172 Å². The van der Waals surface area contributed by atoms with Crippen molar-refractivity contribution < 1.29 is 58.3 Å². The van der Waals surface area contributed by atoms with Gasteiger partial charge >= 0.3 is 13.8 Å². The molecule has 13 heteroatoms. The summed E-state index contributed by atoms with van der Waals surface area (Å²) in [6, 6.07) is 0. The lowest BCUT2D eigenvalue weighted by molar-refractivity contribution is -0.220. The van der Waals surface area contributed by atoms with Crippen molar-refractivity contribution in [2.75, 3.05) is 19.8 Å². The van der Waals surface area contributed by atoms with Crippen LogP contribution in [0.4, 0.5) is 0 Å². The summed E-state index contributed by atoms with van der Waals surface area (Å²) in [6.07, 6.45) is 36.3. The molecule has 1 saturated carbocycles. The van der Waals surface area contributed by atoms with Gasteiger partial charge < -0.3 is 39.9 Å². The van der Waals surface area contributed by atoms with Gasteiger partial charge in [0.15, 0.2) is 0 Å². The SMILES string of the molecule is CCCCC/C=C\C/C=C\CCCCCCCCCCCCOCC(COP(=O)(O)OC1C(O)C(O)C(O)C(O)C1O)OC(=O)CCCCCCC/C=C\CCCCCCCCC. The number of carbonyl (C=O) groups is 1. The van der Waals surface area contributed by atoms with Crippen LogP contribution in [0.25, 0.3) is 0 Å². The largest absolute Gasteiger partial charge is 0.472 e. The van der Waals surface area contributed by atoms with E-state index in [4.69, 9.17) is 18.5 Å². The van der Waals surface area contributed by atoms with E-state index in [1.165, 1.54) is 116 Å². The number of phosphoric ester groups is 1. The summed E-state index contributed by atoms with van der Waals surface area (Å²) in [5.74, 6) is -0.485. The highest BCUT2D eigenvalue weighted by Crippen LogP contribution is 2.47. The van der Waals surface area contributed by atoms with Gasteiger partial charge in [0.1, 0.15) is 42.7 Å². The van der Waals surface area contributed by atoms with E-state index in [9.17, 15) is 39.8 Å². The molecular weight excluding hydrogens is 824 g/mol. The topological polar surface area (TPSA) is 192 Å². The van der Waals surface area contributed by atoms with Crippen LogP contribution < -0.4 is 0 Å². The normalized spacial score (nSPS) is 22.1. The van der Waals surface area contributed by atoms with Crippen LogP contribution in [-0.2, 0) is 27.9 Å². The fourth-order valence-electron chi connectivity index (χ4n) is 7.68. The van der Waals surface area contributed by atoms with E-state index in [2.05, 4.69) is 50.3 Å². The fraction of sp³-hybridized carbons (Fsp3) is 0.860. The zero-order valence-electron chi connectivity index (χ0n) is 39.6. The Bertz CT molecular complexity index is 1180. The summed E-state index contributed by atoms with van der Waals surface area (Å²) in [6.45, 7) is 4.24. The van der Waals surface area contributed by atoms with Crippen LogP contribution in [0.3, 0.4) is 0 Å². The van der Waals surface area contributed by atoms with Gasteiger partial charge in [0.25, 0.3) is 0 Å². The molecule has 1 rings (SSSR count). The van der Waals surface area contributed by atoms with Crippen molar-refractivity contribution in [3.05, 3.63) is 36.5 Å². The number of rotatable bonds is 43. The predicted octanol–water partition coefficient (Wildman–Crippen LogP) is 11.0. The summed E-state index contributed by atoms with van der Waals surface area (Å²) < 4.78 is 34.3. The van der Waals surface area contributed by atoms with Gasteiger partial charge in [-0.25, -0.2) is 4.57 Å². The van der Waals surface area contributed by atoms with E-state index in [0.717, 1.165) is 70.6 Å². The second-order valence-corrected chi connectivity index (χ2v) is 19.1. The first-order valence-electron chi connectivity index (χ1n) is 25.3. The molecule has 6 N–H and O–H groups in total. The molecule has 0 aromatic rings.